The molecule has 2 fully saturated rings. The number of ether oxygens (including phenoxy) is 1. The van der Waals surface area contributed by atoms with Crippen molar-refractivity contribution in [3.8, 4) is 0 Å². The highest BCUT2D eigenvalue weighted by molar-refractivity contribution is 6.04. The number of Topliss-reactive ketones (excluding diaryl/α,β-unsaturated/α-hetero) is 1. The third-order valence-corrected chi connectivity index (χ3v) is 6.66. The maximum atomic E-state index is 13.3. The Morgan fingerprint density at radius 2 is 1.68 bits per heavy atom. The van der Waals surface area contributed by atoms with E-state index in [1.165, 1.54) is 13.5 Å². The van der Waals surface area contributed by atoms with Crippen molar-refractivity contribution in [3.05, 3.63) is 22.5 Å². The zero-order valence-electron chi connectivity index (χ0n) is 17.5. The van der Waals surface area contributed by atoms with E-state index >= 15 is 0 Å². The fraction of sp³-hybridized carbons (Fsp3) is 0.682. The van der Waals surface area contributed by atoms with Gasteiger partial charge in [0.2, 0.25) is 5.91 Å². The van der Waals surface area contributed by atoms with E-state index in [2.05, 4.69) is 0 Å². The minimum Gasteiger partial charge on any atom is -0.464 e. The molecular weight excluding hydrogens is 356 g/mol. The van der Waals surface area contributed by atoms with Gasteiger partial charge in [0.05, 0.1) is 13.7 Å². The molecule has 2 saturated carbocycles. The predicted octanol–water partition coefficient (Wildman–Crippen LogP) is 3.57. The lowest BCUT2D eigenvalue weighted by atomic mass is 9.83. The van der Waals surface area contributed by atoms with Crippen LogP contribution in [0.5, 0.6) is 0 Å². The van der Waals surface area contributed by atoms with E-state index in [9.17, 15) is 14.4 Å². The van der Waals surface area contributed by atoms with Crippen molar-refractivity contribution in [2.75, 3.05) is 13.7 Å². The van der Waals surface area contributed by atoms with Crippen LogP contribution in [0.25, 0.3) is 0 Å². The smallest absolute Gasteiger partial charge is 0.354 e. The molecule has 0 aliphatic heterocycles. The van der Waals surface area contributed by atoms with Gasteiger partial charge in [0.1, 0.15) is 5.69 Å². The summed E-state index contributed by atoms with van der Waals surface area (Å²) < 4.78 is 6.59. The van der Waals surface area contributed by atoms with Gasteiger partial charge >= 0.3 is 5.97 Å². The molecule has 3 rings (SSSR count). The summed E-state index contributed by atoms with van der Waals surface area (Å²) in [6.45, 7) is 3.73. The Hall–Kier alpha value is -2.11. The van der Waals surface area contributed by atoms with Crippen LogP contribution < -0.4 is 0 Å². The summed E-state index contributed by atoms with van der Waals surface area (Å²) in [5.74, 6) is -0.305. The molecule has 0 saturated heterocycles. The van der Waals surface area contributed by atoms with Gasteiger partial charge in [-0.15, -0.1) is 0 Å². The molecular formula is C22H32N2O4. The Morgan fingerprint density at radius 1 is 1.04 bits per heavy atom. The van der Waals surface area contributed by atoms with E-state index in [0.29, 0.717) is 16.8 Å². The minimum atomic E-state index is -0.447. The van der Waals surface area contributed by atoms with Gasteiger partial charge < -0.3 is 14.2 Å². The zero-order valence-corrected chi connectivity index (χ0v) is 17.5. The largest absolute Gasteiger partial charge is 0.464 e. The van der Waals surface area contributed by atoms with Crippen molar-refractivity contribution in [1.82, 2.24) is 9.47 Å². The molecule has 0 radical (unpaired) electrons. The number of carbonyl (C=O) groups is 3. The second kappa shape index (κ2) is 8.50. The molecule has 2 aliphatic rings. The first kappa shape index (κ1) is 20.6. The average molecular weight is 389 g/mol. The van der Waals surface area contributed by atoms with Gasteiger partial charge in [0.25, 0.3) is 0 Å². The predicted molar refractivity (Wildman–Crippen MR) is 106 cm³/mol. The number of hydrogen-bond donors (Lipinski definition) is 0. The van der Waals surface area contributed by atoms with Crippen LogP contribution in [-0.4, -0.2) is 46.8 Å². The lowest BCUT2D eigenvalue weighted by Gasteiger charge is -2.38. The summed E-state index contributed by atoms with van der Waals surface area (Å²) in [6, 6.07) is 0.162. The van der Waals surface area contributed by atoms with Crippen LogP contribution in [0, 0.1) is 19.8 Å². The molecule has 0 spiro atoms. The number of nitrogens with zero attached hydrogens (tertiary/aromatic N) is 2. The van der Waals surface area contributed by atoms with Crippen molar-refractivity contribution < 1.29 is 19.1 Å². The maximum Gasteiger partial charge on any atom is 0.354 e. The van der Waals surface area contributed by atoms with Crippen LogP contribution in [0.2, 0.25) is 0 Å². The van der Waals surface area contributed by atoms with Crippen molar-refractivity contribution in [1.29, 1.82) is 0 Å². The molecule has 28 heavy (non-hydrogen) atoms. The van der Waals surface area contributed by atoms with Crippen molar-refractivity contribution >= 4 is 17.7 Å². The van der Waals surface area contributed by atoms with Gasteiger partial charge in [0.15, 0.2) is 5.78 Å². The highest BCUT2D eigenvalue weighted by atomic mass is 16.5. The van der Waals surface area contributed by atoms with Crippen LogP contribution in [0.3, 0.4) is 0 Å². The van der Waals surface area contributed by atoms with Crippen LogP contribution in [0.15, 0.2) is 0 Å². The number of ketones is 1. The number of aromatic nitrogens is 1. The molecule has 154 valence electrons. The number of amides is 1. The normalized spacial score (nSPS) is 17.9. The molecule has 1 aromatic heterocycles. The summed E-state index contributed by atoms with van der Waals surface area (Å²) in [5.41, 5.74) is 2.32. The van der Waals surface area contributed by atoms with Crippen LogP contribution in [0.1, 0.15) is 83.5 Å². The lowest BCUT2D eigenvalue weighted by Crippen LogP contribution is -2.48. The van der Waals surface area contributed by atoms with Crippen molar-refractivity contribution in [2.45, 2.75) is 71.3 Å². The Balaban J connectivity index is 1.87. The standard InChI is InChI=1S/C22H32N2O4/c1-14-19(15(2)23(3)20(14)22(27)28-4)18(25)13-24(17-11-6-5-7-12-17)21(26)16-9-8-10-16/h16-17H,5-13H2,1-4H3. The molecule has 2 aliphatic carbocycles. The highest BCUT2D eigenvalue weighted by Gasteiger charge is 2.36. The van der Waals surface area contributed by atoms with E-state index in [4.69, 9.17) is 4.74 Å². The molecule has 1 amide bonds. The topological polar surface area (TPSA) is 68.6 Å². The highest BCUT2D eigenvalue weighted by Crippen LogP contribution is 2.32. The lowest BCUT2D eigenvalue weighted by molar-refractivity contribution is -0.140. The van der Waals surface area contributed by atoms with Gasteiger partial charge in [0, 0.05) is 30.3 Å². The van der Waals surface area contributed by atoms with Gasteiger partial charge in [-0.3, -0.25) is 9.59 Å². The second-order valence-corrected chi connectivity index (χ2v) is 8.29. The van der Waals surface area contributed by atoms with Crippen molar-refractivity contribution in [3.63, 3.8) is 0 Å². The molecule has 0 N–H and O–H groups in total. The Labute approximate surface area is 167 Å². The molecule has 6 heteroatoms. The third kappa shape index (κ3) is 3.74. The summed E-state index contributed by atoms with van der Waals surface area (Å²) in [4.78, 5) is 40.4. The monoisotopic (exact) mass is 388 g/mol. The molecule has 1 aromatic rings. The van der Waals surface area contributed by atoms with Gasteiger partial charge in [-0.05, 0) is 45.1 Å². The fourth-order valence-electron chi connectivity index (χ4n) is 4.68. The van der Waals surface area contributed by atoms with E-state index in [-0.39, 0.29) is 30.2 Å². The quantitative estimate of drug-likeness (QED) is 0.552. The Morgan fingerprint density at radius 3 is 2.21 bits per heavy atom. The zero-order chi connectivity index (χ0) is 20.4. The van der Waals surface area contributed by atoms with E-state index in [1.54, 1.807) is 18.5 Å². The number of rotatable bonds is 6. The van der Waals surface area contributed by atoms with Crippen molar-refractivity contribution in [2.24, 2.45) is 13.0 Å². The first-order chi connectivity index (χ1) is 13.4. The Bertz CT molecular complexity index is 770. The number of esters is 1. The van der Waals surface area contributed by atoms with Crippen LogP contribution in [-0.2, 0) is 16.6 Å². The van der Waals surface area contributed by atoms with E-state index in [1.807, 2.05) is 11.8 Å². The molecule has 0 atom stereocenters. The molecule has 0 bridgehead atoms. The van der Waals surface area contributed by atoms with Gasteiger partial charge in [-0.25, -0.2) is 4.79 Å². The van der Waals surface area contributed by atoms with Gasteiger partial charge in [-0.2, -0.15) is 0 Å². The fourth-order valence-corrected chi connectivity index (χ4v) is 4.68. The van der Waals surface area contributed by atoms with Gasteiger partial charge in [-0.1, -0.05) is 25.7 Å². The number of carbonyl (C=O) groups excluding carboxylic acids is 3. The molecule has 0 unspecified atom stereocenters. The summed E-state index contributed by atoms with van der Waals surface area (Å²) >= 11 is 0. The first-order valence-electron chi connectivity index (χ1n) is 10.4. The van der Waals surface area contributed by atoms with Crippen LogP contribution in [0.4, 0.5) is 0 Å². The second-order valence-electron chi connectivity index (χ2n) is 8.29. The third-order valence-electron chi connectivity index (χ3n) is 6.66. The number of methoxy groups -OCH3 is 1. The van der Waals surface area contributed by atoms with Crippen LogP contribution >= 0.6 is 0 Å². The number of hydrogen-bond acceptors (Lipinski definition) is 4. The van der Waals surface area contributed by atoms with E-state index in [0.717, 1.165) is 50.6 Å². The summed E-state index contributed by atoms with van der Waals surface area (Å²) in [7, 11) is 3.11. The first-order valence-corrected chi connectivity index (χ1v) is 10.4. The summed E-state index contributed by atoms with van der Waals surface area (Å²) in [5, 5.41) is 0. The SMILES string of the molecule is COC(=O)c1c(C)c(C(=O)CN(C(=O)C2CCC2)C2CCCCC2)c(C)n1C. The van der Waals surface area contributed by atoms with E-state index < -0.39 is 5.97 Å². The molecule has 0 aromatic carbocycles. The average Bonchev–Trinajstić information content (AvgIpc) is 2.87. The summed E-state index contributed by atoms with van der Waals surface area (Å²) in [6.07, 6.45) is 8.36. The molecule has 1 heterocycles. The minimum absolute atomic E-state index is 0.0818. The Kier molecular flexibility index (Phi) is 6.26. The maximum absolute atomic E-state index is 13.3. The molecule has 6 nitrogen and oxygen atoms in total.